The first-order chi connectivity index (χ1) is 13.6. The second kappa shape index (κ2) is 8.16. The maximum absolute atomic E-state index is 12.8. The highest BCUT2D eigenvalue weighted by atomic mass is 32.2. The number of nitrogens with zero attached hydrogens (tertiary/aromatic N) is 2. The van der Waals surface area contributed by atoms with E-state index in [4.69, 9.17) is 0 Å². The van der Waals surface area contributed by atoms with Crippen LogP contribution in [0.15, 0.2) is 53.4 Å². The second-order valence-electron chi connectivity index (χ2n) is 7.03. The molecule has 0 saturated carbocycles. The molecule has 0 radical (unpaired) electrons. The number of hydrogen-bond donors (Lipinski definition) is 0. The Balaban J connectivity index is 1.62. The normalized spacial score (nSPS) is 16.1. The van der Waals surface area contributed by atoms with E-state index in [0.717, 1.165) is 24.0 Å². The number of hydrogen-bond acceptors (Lipinski definition) is 4. The van der Waals surface area contributed by atoms with Gasteiger partial charge in [0.25, 0.3) is 5.91 Å². The molecule has 0 unspecified atom stereocenters. The second-order valence-corrected chi connectivity index (χ2v) is 9.02. The summed E-state index contributed by atoms with van der Waals surface area (Å²) in [5.41, 5.74) is 0.243. The molecule has 0 spiro atoms. The minimum Gasteiger partial charge on any atom is -0.336 e. The van der Waals surface area contributed by atoms with E-state index < -0.39 is 21.6 Å². The van der Waals surface area contributed by atoms with Gasteiger partial charge in [-0.25, -0.2) is 8.42 Å². The zero-order valence-electron chi connectivity index (χ0n) is 15.8. The molecule has 1 aliphatic heterocycles. The van der Waals surface area contributed by atoms with Gasteiger partial charge in [0.2, 0.25) is 0 Å². The van der Waals surface area contributed by atoms with Crippen molar-refractivity contribution in [3.8, 4) is 0 Å². The van der Waals surface area contributed by atoms with Crippen LogP contribution in [0.1, 0.15) is 21.5 Å². The smallest absolute Gasteiger partial charge is 0.336 e. The fourth-order valence-electron chi connectivity index (χ4n) is 3.30. The van der Waals surface area contributed by atoms with Gasteiger partial charge >= 0.3 is 6.18 Å². The van der Waals surface area contributed by atoms with Gasteiger partial charge in [0.05, 0.1) is 16.0 Å². The van der Waals surface area contributed by atoms with Gasteiger partial charge in [-0.15, -0.1) is 0 Å². The minimum atomic E-state index is -4.35. The van der Waals surface area contributed by atoms with E-state index in [0.29, 0.717) is 32.7 Å². The fraction of sp³-hybridized carbons (Fsp3) is 0.350. The number of benzene rings is 2. The lowest BCUT2D eigenvalue weighted by molar-refractivity contribution is -0.137. The molecule has 1 amide bonds. The van der Waals surface area contributed by atoms with Gasteiger partial charge in [-0.3, -0.25) is 9.69 Å². The molecule has 1 fully saturated rings. The summed E-state index contributed by atoms with van der Waals surface area (Å²) in [6.45, 7) is 2.41. The van der Waals surface area contributed by atoms with E-state index in [2.05, 4.69) is 4.90 Å². The Morgan fingerprint density at radius 2 is 1.55 bits per heavy atom. The van der Waals surface area contributed by atoms with Crippen molar-refractivity contribution < 1.29 is 26.4 Å². The molecule has 5 nitrogen and oxygen atoms in total. The Morgan fingerprint density at radius 1 is 0.966 bits per heavy atom. The number of halogens is 3. The van der Waals surface area contributed by atoms with E-state index >= 15 is 0 Å². The predicted octanol–water partition coefficient (Wildman–Crippen LogP) is 3.07. The summed E-state index contributed by atoms with van der Waals surface area (Å²) in [4.78, 5) is 16.5. The number of rotatable bonds is 4. The number of piperazine rings is 1. The third kappa shape index (κ3) is 5.16. The monoisotopic (exact) mass is 426 g/mol. The molecule has 29 heavy (non-hydrogen) atoms. The SMILES string of the molecule is CS(=O)(=O)c1ccccc1C(=O)N1CCN(Cc2ccc(C(F)(F)F)cc2)CC1. The molecule has 1 heterocycles. The zero-order valence-corrected chi connectivity index (χ0v) is 16.6. The number of carbonyl (C=O) groups excluding carboxylic acids is 1. The summed E-state index contributed by atoms with van der Waals surface area (Å²) < 4.78 is 61.8. The van der Waals surface area contributed by atoms with Crippen molar-refractivity contribution in [1.82, 2.24) is 9.80 Å². The Kier molecular flexibility index (Phi) is 6.00. The predicted molar refractivity (Wildman–Crippen MR) is 102 cm³/mol. The van der Waals surface area contributed by atoms with Crippen LogP contribution in [0.2, 0.25) is 0 Å². The number of sulfone groups is 1. The molecule has 0 aliphatic carbocycles. The summed E-state index contributed by atoms with van der Waals surface area (Å²) >= 11 is 0. The maximum Gasteiger partial charge on any atom is 0.416 e. The lowest BCUT2D eigenvalue weighted by Crippen LogP contribution is -2.48. The molecule has 1 aliphatic rings. The first-order valence-electron chi connectivity index (χ1n) is 9.02. The minimum absolute atomic E-state index is 0.0113. The molecule has 2 aromatic rings. The van der Waals surface area contributed by atoms with E-state index in [1.165, 1.54) is 24.3 Å². The number of carbonyl (C=O) groups is 1. The maximum atomic E-state index is 12.8. The average molecular weight is 426 g/mol. The number of amides is 1. The molecule has 1 saturated heterocycles. The highest BCUT2D eigenvalue weighted by Gasteiger charge is 2.30. The summed E-state index contributed by atoms with van der Waals surface area (Å²) in [6, 6.07) is 11.2. The molecule has 0 atom stereocenters. The van der Waals surface area contributed by atoms with E-state index in [1.807, 2.05) is 0 Å². The van der Waals surface area contributed by atoms with Gasteiger partial charge in [0.15, 0.2) is 9.84 Å². The molecule has 2 aromatic carbocycles. The zero-order chi connectivity index (χ0) is 21.2. The summed E-state index contributed by atoms with van der Waals surface area (Å²) in [5.74, 6) is -0.333. The Bertz CT molecular complexity index is 981. The van der Waals surface area contributed by atoms with Gasteiger partial charge in [0.1, 0.15) is 0 Å². The van der Waals surface area contributed by atoms with Crippen LogP contribution in [0.4, 0.5) is 13.2 Å². The quantitative estimate of drug-likeness (QED) is 0.754. The van der Waals surface area contributed by atoms with Crippen molar-refractivity contribution in [2.75, 3.05) is 32.4 Å². The lowest BCUT2D eigenvalue weighted by Gasteiger charge is -2.35. The Morgan fingerprint density at radius 3 is 2.10 bits per heavy atom. The molecule has 156 valence electrons. The summed E-state index contributed by atoms with van der Waals surface area (Å²) in [5, 5.41) is 0. The van der Waals surface area contributed by atoms with Crippen molar-refractivity contribution >= 4 is 15.7 Å². The topological polar surface area (TPSA) is 57.7 Å². The van der Waals surface area contributed by atoms with Gasteiger partial charge in [-0.1, -0.05) is 24.3 Å². The summed E-state index contributed by atoms with van der Waals surface area (Å²) in [6.07, 6.45) is -3.28. The lowest BCUT2D eigenvalue weighted by atomic mass is 10.1. The molecular formula is C20H21F3N2O3S. The molecule has 0 aromatic heterocycles. The van der Waals surface area contributed by atoms with Crippen LogP contribution in [-0.4, -0.2) is 56.6 Å². The Hall–Kier alpha value is -2.39. The van der Waals surface area contributed by atoms with E-state index in [1.54, 1.807) is 17.0 Å². The van der Waals surface area contributed by atoms with Crippen LogP contribution in [0, 0.1) is 0 Å². The van der Waals surface area contributed by atoms with Gasteiger partial charge in [-0.2, -0.15) is 13.2 Å². The van der Waals surface area contributed by atoms with Crippen LogP contribution in [-0.2, 0) is 22.6 Å². The molecule has 0 N–H and O–H groups in total. The van der Waals surface area contributed by atoms with Gasteiger partial charge < -0.3 is 4.90 Å². The first kappa shape index (κ1) is 21.3. The molecule has 9 heteroatoms. The average Bonchev–Trinajstić information content (AvgIpc) is 2.67. The van der Waals surface area contributed by atoms with Crippen LogP contribution >= 0.6 is 0 Å². The molecule has 3 rings (SSSR count). The van der Waals surface area contributed by atoms with Gasteiger partial charge in [-0.05, 0) is 29.8 Å². The number of alkyl halides is 3. The highest BCUT2D eigenvalue weighted by molar-refractivity contribution is 7.90. The van der Waals surface area contributed by atoms with Gasteiger partial charge in [0, 0.05) is 39.0 Å². The van der Waals surface area contributed by atoms with Crippen molar-refractivity contribution in [1.29, 1.82) is 0 Å². The largest absolute Gasteiger partial charge is 0.416 e. The van der Waals surface area contributed by atoms with Crippen molar-refractivity contribution in [3.63, 3.8) is 0 Å². The van der Waals surface area contributed by atoms with Crippen LogP contribution in [0.3, 0.4) is 0 Å². The molecule has 0 bridgehead atoms. The van der Waals surface area contributed by atoms with Crippen molar-refractivity contribution in [2.24, 2.45) is 0 Å². The Labute approximate surface area is 167 Å². The van der Waals surface area contributed by atoms with Crippen LogP contribution in [0.5, 0.6) is 0 Å². The highest BCUT2D eigenvalue weighted by Crippen LogP contribution is 2.29. The van der Waals surface area contributed by atoms with Crippen molar-refractivity contribution in [3.05, 3.63) is 65.2 Å². The van der Waals surface area contributed by atoms with Crippen molar-refractivity contribution in [2.45, 2.75) is 17.6 Å². The summed E-state index contributed by atoms with van der Waals surface area (Å²) in [7, 11) is -3.52. The van der Waals surface area contributed by atoms with Crippen LogP contribution < -0.4 is 0 Å². The standard InChI is InChI=1S/C20H21F3N2O3S/c1-29(27,28)18-5-3-2-4-17(18)19(26)25-12-10-24(11-13-25)14-15-6-8-16(9-7-15)20(21,22)23/h2-9H,10-14H2,1H3. The fourth-order valence-corrected chi connectivity index (χ4v) is 4.18. The molecular weight excluding hydrogens is 405 g/mol. The van der Waals surface area contributed by atoms with E-state index in [-0.39, 0.29) is 16.4 Å². The third-order valence-electron chi connectivity index (χ3n) is 4.86. The van der Waals surface area contributed by atoms with E-state index in [9.17, 15) is 26.4 Å². The van der Waals surface area contributed by atoms with Crippen LogP contribution in [0.25, 0.3) is 0 Å². The third-order valence-corrected chi connectivity index (χ3v) is 6.02. The first-order valence-corrected chi connectivity index (χ1v) is 10.9.